The monoisotopic (exact) mass is 341 g/mol. The molecule has 0 spiro atoms. The topological polar surface area (TPSA) is 72.5 Å². The van der Waals surface area contributed by atoms with Gasteiger partial charge in [0.15, 0.2) is 11.6 Å². The maximum Gasteiger partial charge on any atom is 0.342 e. The highest BCUT2D eigenvalue weighted by Gasteiger charge is 2.33. The van der Waals surface area contributed by atoms with Gasteiger partial charge in [-0.25, -0.2) is 18.0 Å². The van der Waals surface area contributed by atoms with Crippen LogP contribution in [0.1, 0.15) is 18.5 Å². The number of hydrogen-bond acceptors (Lipinski definition) is 4. The quantitative estimate of drug-likeness (QED) is 0.651. The van der Waals surface area contributed by atoms with Crippen LogP contribution in [-0.4, -0.2) is 23.9 Å². The van der Waals surface area contributed by atoms with Gasteiger partial charge < -0.3 is 15.6 Å². The number of carbonyl (C=O) groups excluding carboxylic acids is 1. The average Bonchev–Trinajstić information content (AvgIpc) is 2.36. The first-order valence-corrected chi connectivity index (χ1v) is 6.03. The number of alkyl halides is 1. The van der Waals surface area contributed by atoms with E-state index in [0.29, 0.717) is 6.07 Å². The third kappa shape index (κ3) is 3.19. The van der Waals surface area contributed by atoms with Crippen molar-refractivity contribution >= 4 is 21.9 Å². The maximum atomic E-state index is 13.7. The van der Waals surface area contributed by atoms with Crippen LogP contribution in [0.2, 0.25) is 0 Å². The molecule has 19 heavy (non-hydrogen) atoms. The molecule has 0 aromatic heterocycles. The smallest absolute Gasteiger partial charge is 0.342 e. The Kier molecular flexibility index (Phi) is 5.19. The molecule has 2 atom stereocenters. The van der Waals surface area contributed by atoms with E-state index in [2.05, 4.69) is 20.7 Å². The van der Waals surface area contributed by atoms with Gasteiger partial charge in [0.05, 0.1) is 22.7 Å². The summed E-state index contributed by atoms with van der Waals surface area (Å²) in [4.78, 5) is 11.2. The number of nitrogens with two attached hydrogens (primary N) is 1. The second-order valence-corrected chi connectivity index (χ2v) is 4.45. The van der Waals surface area contributed by atoms with Crippen LogP contribution in [0, 0.1) is 11.6 Å². The third-order valence-corrected chi connectivity index (χ3v) is 2.95. The molecule has 0 heterocycles. The van der Waals surface area contributed by atoms with Gasteiger partial charge in [0.25, 0.3) is 0 Å². The van der Waals surface area contributed by atoms with Crippen LogP contribution in [0.3, 0.4) is 0 Å². The van der Waals surface area contributed by atoms with E-state index in [1.807, 2.05) is 0 Å². The molecule has 1 rings (SSSR count). The van der Waals surface area contributed by atoms with Crippen LogP contribution in [0.15, 0.2) is 10.5 Å². The minimum absolute atomic E-state index is 0.0900. The zero-order chi connectivity index (χ0) is 14.7. The van der Waals surface area contributed by atoms with Gasteiger partial charge in [0, 0.05) is 0 Å². The van der Waals surface area contributed by atoms with Crippen LogP contribution in [-0.2, 0) is 9.53 Å². The van der Waals surface area contributed by atoms with E-state index >= 15 is 0 Å². The van der Waals surface area contributed by atoms with Crippen LogP contribution in [0.4, 0.5) is 13.2 Å². The van der Waals surface area contributed by atoms with Crippen LogP contribution in [0.25, 0.3) is 0 Å². The van der Waals surface area contributed by atoms with E-state index in [9.17, 15) is 23.1 Å². The van der Waals surface area contributed by atoms with Gasteiger partial charge in [-0.15, -0.1) is 0 Å². The fourth-order valence-electron chi connectivity index (χ4n) is 1.42. The molecule has 0 aliphatic rings. The molecule has 3 N–H and O–H groups in total. The first-order chi connectivity index (χ1) is 8.81. The molecule has 106 valence electrons. The molecule has 4 nitrogen and oxygen atoms in total. The molecule has 0 aliphatic carbocycles. The zero-order valence-electron chi connectivity index (χ0n) is 9.79. The number of ether oxygens (including phenoxy) is 1. The SMILES string of the molecule is CCOC(=O)C(F)[C@@H](N)c1c(O)c(Br)cc(F)c1F. The molecule has 0 saturated heterocycles. The second-order valence-electron chi connectivity index (χ2n) is 3.60. The predicted molar refractivity (Wildman–Crippen MR) is 64.2 cm³/mol. The molecular weight excluding hydrogens is 331 g/mol. The number of aromatic hydroxyl groups is 1. The lowest BCUT2D eigenvalue weighted by Gasteiger charge is -2.18. The Hall–Kier alpha value is -1.28. The van der Waals surface area contributed by atoms with Crippen molar-refractivity contribution in [2.45, 2.75) is 19.1 Å². The zero-order valence-corrected chi connectivity index (χ0v) is 11.4. The van der Waals surface area contributed by atoms with Crippen molar-refractivity contribution in [2.75, 3.05) is 6.61 Å². The van der Waals surface area contributed by atoms with Gasteiger partial charge in [-0.3, -0.25) is 0 Å². The number of benzene rings is 1. The Morgan fingerprint density at radius 1 is 1.58 bits per heavy atom. The Bertz CT molecular complexity index is 472. The van der Waals surface area contributed by atoms with Crippen molar-refractivity contribution < 1.29 is 27.8 Å². The summed E-state index contributed by atoms with van der Waals surface area (Å²) in [7, 11) is 0. The largest absolute Gasteiger partial charge is 0.506 e. The highest BCUT2D eigenvalue weighted by molar-refractivity contribution is 9.10. The summed E-state index contributed by atoms with van der Waals surface area (Å²) < 4.78 is 44.6. The van der Waals surface area contributed by atoms with Crippen LogP contribution in [0.5, 0.6) is 5.75 Å². The fraction of sp³-hybridized carbons (Fsp3) is 0.364. The minimum atomic E-state index is -2.42. The summed E-state index contributed by atoms with van der Waals surface area (Å²) in [6, 6.07) is -1.22. The number of rotatable bonds is 4. The van der Waals surface area contributed by atoms with Gasteiger partial charge in [0.2, 0.25) is 6.17 Å². The number of carbonyl (C=O) groups is 1. The standard InChI is InChI=1S/C11H11BrF3NO3/c1-2-19-11(18)8(15)9(16)6-7(14)5(13)3-4(12)10(6)17/h3,8-9,17H,2,16H2,1H3/t8?,9-/m0/s1. The van der Waals surface area contributed by atoms with Crippen molar-refractivity contribution in [3.8, 4) is 5.75 Å². The second kappa shape index (κ2) is 6.25. The molecule has 0 bridgehead atoms. The summed E-state index contributed by atoms with van der Waals surface area (Å²) in [6.45, 7) is 1.36. The van der Waals surface area contributed by atoms with Crippen molar-refractivity contribution in [3.05, 3.63) is 27.7 Å². The summed E-state index contributed by atoms with van der Waals surface area (Å²) in [5, 5.41) is 9.58. The van der Waals surface area contributed by atoms with Gasteiger partial charge in [-0.2, -0.15) is 0 Å². The Balaban J connectivity index is 3.19. The average molecular weight is 342 g/mol. The fourth-order valence-corrected chi connectivity index (χ4v) is 1.84. The number of phenols is 1. The summed E-state index contributed by atoms with van der Waals surface area (Å²) in [6.07, 6.45) is -2.42. The lowest BCUT2D eigenvalue weighted by atomic mass is 10.0. The summed E-state index contributed by atoms with van der Waals surface area (Å²) in [5.41, 5.74) is 4.52. The van der Waals surface area contributed by atoms with Gasteiger partial charge >= 0.3 is 5.97 Å². The van der Waals surface area contributed by atoms with E-state index in [1.165, 1.54) is 6.92 Å². The van der Waals surface area contributed by atoms with Crippen molar-refractivity contribution in [1.82, 2.24) is 0 Å². The molecule has 0 saturated carbocycles. The normalized spacial score (nSPS) is 14.0. The van der Waals surface area contributed by atoms with E-state index in [1.54, 1.807) is 0 Å². The third-order valence-electron chi connectivity index (χ3n) is 2.34. The summed E-state index contributed by atoms with van der Waals surface area (Å²) >= 11 is 2.77. The van der Waals surface area contributed by atoms with Crippen LogP contribution < -0.4 is 5.73 Å². The van der Waals surface area contributed by atoms with Crippen molar-refractivity contribution in [1.29, 1.82) is 0 Å². The minimum Gasteiger partial charge on any atom is -0.506 e. The molecule has 0 amide bonds. The van der Waals surface area contributed by atoms with Gasteiger partial charge in [0.1, 0.15) is 5.75 Å². The molecule has 0 fully saturated rings. The predicted octanol–water partition coefficient (Wildman–Crippen LogP) is 2.33. The van der Waals surface area contributed by atoms with Crippen molar-refractivity contribution in [2.24, 2.45) is 5.73 Å². The Labute approximate surface area is 115 Å². The summed E-state index contributed by atoms with van der Waals surface area (Å²) in [5.74, 6) is -4.92. The maximum absolute atomic E-state index is 13.7. The lowest BCUT2D eigenvalue weighted by Crippen LogP contribution is -2.32. The van der Waals surface area contributed by atoms with E-state index in [-0.39, 0.29) is 11.1 Å². The number of hydrogen-bond donors (Lipinski definition) is 2. The van der Waals surface area contributed by atoms with Crippen molar-refractivity contribution in [3.63, 3.8) is 0 Å². The molecule has 1 aromatic rings. The molecular formula is C11H11BrF3NO3. The molecule has 0 aliphatic heterocycles. The Morgan fingerprint density at radius 3 is 2.68 bits per heavy atom. The molecule has 0 radical (unpaired) electrons. The van der Waals surface area contributed by atoms with Gasteiger partial charge in [-0.1, -0.05) is 0 Å². The highest BCUT2D eigenvalue weighted by Crippen LogP contribution is 2.36. The van der Waals surface area contributed by atoms with E-state index < -0.39 is 41.1 Å². The van der Waals surface area contributed by atoms with E-state index in [0.717, 1.165) is 0 Å². The Morgan fingerprint density at radius 2 is 2.16 bits per heavy atom. The van der Waals surface area contributed by atoms with E-state index in [4.69, 9.17) is 5.73 Å². The van der Waals surface area contributed by atoms with Gasteiger partial charge in [-0.05, 0) is 28.9 Å². The molecule has 1 aromatic carbocycles. The number of halogens is 4. The highest BCUT2D eigenvalue weighted by atomic mass is 79.9. The molecule has 1 unspecified atom stereocenters. The van der Waals surface area contributed by atoms with Crippen LogP contribution >= 0.6 is 15.9 Å². The molecule has 8 heteroatoms. The first-order valence-electron chi connectivity index (χ1n) is 5.23. The number of phenolic OH excluding ortho intramolecular Hbond substituents is 1. The lowest BCUT2D eigenvalue weighted by molar-refractivity contribution is -0.150. The first kappa shape index (κ1) is 15.8. The number of esters is 1.